The molecule has 0 bridgehead atoms. The molecule has 2 aromatic rings. The molecule has 0 fully saturated rings. The molecule has 0 unspecified atom stereocenters. The molecule has 1 aliphatic rings. The largest absolute Gasteiger partial charge is 0.494 e. The second kappa shape index (κ2) is 9.20. The van der Waals surface area contributed by atoms with Crippen molar-refractivity contribution in [1.82, 2.24) is 0 Å². The van der Waals surface area contributed by atoms with Crippen LogP contribution in [0.4, 0.5) is 11.4 Å². The van der Waals surface area contributed by atoms with Crippen LogP contribution in [0.1, 0.15) is 39.2 Å². The van der Waals surface area contributed by atoms with E-state index in [0.29, 0.717) is 30.3 Å². The molecule has 1 heterocycles. The molecule has 3 rings (SSSR count). The van der Waals surface area contributed by atoms with Gasteiger partial charge >= 0.3 is 0 Å². The van der Waals surface area contributed by atoms with Crippen LogP contribution in [0, 0.1) is 12.3 Å². The summed E-state index contributed by atoms with van der Waals surface area (Å²) in [5.41, 5.74) is 2.01. The summed E-state index contributed by atoms with van der Waals surface area (Å²) in [7, 11) is 0. The van der Waals surface area contributed by atoms with Gasteiger partial charge in [-0.1, -0.05) is 32.9 Å². The zero-order chi connectivity index (χ0) is 21.7. The monoisotopic (exact) mass is 410 g/mol. The van der Waals surface area contributed by atoms with Crippen LogP contribution in [0.5, 0.6) is 11.5 Å². The lowest BCUT2D eigenvalue weighted by Gasteiger charge is -2.30. The van der Waals surface area contributed by atoms with Crippen molar-refractivity contribution in [3.63, 3.8) is 0 Å². The van der Waals surface area contributed by atoms with Gasteiger partial charge in [0.25, 0.3) is 5.91 Å². The zero-order valence-corrected chi connectivity index (χ0v) is 18.2. The second-order valence-corrected chi connectivity index (χ2v) is 8.59. The predicted molar refractivity (Wildman–Crippen MR) is 118 cm³/mol. The number of hydrogen-bond donors (Lipinski definition) is 1. The van der Waals surface area contributed by atoms with E-state index in [4.69, 9.17) is 9.47 Å². The van der Waals surface area contributed by atoms with Crippen LogP contribution in [-0.4, -0.2) is 31.6 Å². The summed E-state index contributed by atoms with van der Waals surface area (Å²) in [4.78, 5) is 26.5. The second-order valence-electron chi connectivity index (χ2n) is 8.59. The minimum absolute atomic E-state index is 0.0283. The number of rotatable bonds is 7. The van der Waals surface area contributed by atoms with Crippen molar-refractivity contribution < 1.29 is 19.1 Å². The van der Waals surface area contributed by atoms with Gasteiger partial charge in [0.2, 0.25) is 5.91 Å². The van der Waals surface area contributed by atoms with Gasteiger partial charge in [-0.05, 0) is 55.7 Å². The third kappa shape index (κ3) is 5.53. The first-order valence-corrected chi connectivity index (χ1v) is 10.3. The van der Waals surface area contributed by atoms with Crippen LogP contribution >= 0.6 is 0 Å². The number of carbonyl (C=O) groups is 2. The Morgan fingerprint density at radius 1 is 1.17 bits per heavy atom. The molecule has 0 atom stereocenters. The van der Waals surface area contributed by atoms with E-state index in [9.17, 15) is 9.59 Å². The summed E-state index contributed by atoms with van der Waals surface area (Å²) in [6.07, 6.45) is 1.63. The highest BCUT2D eigenvalue weighted by Crippen LogP contribution is 2.35. The Morgan fingerprint density at radius 2 is 1.97 bits per heavy atom. The van der Waals surface area contributed by atoms with Gasteiger partial charge in [-0.15, -0.1) is 0 Å². The van der Waals surface area contributed by atoms with Crippen molar-refractivity contribution >= 4 is 23.2 Å². The van der Waals surface area contributed by atoms with Gasteiger partial charge in [0, 0.05) is 17.6 Å². The molecule has 0 saturated carbocycles. The zero-order valence-electron chi connectivity index (χ0n) is 18.2. The summed E-state index contributed by atoms with van der Waals surface area (Å²) < 4.78 is 11.4. The number of amides is 2. The van der Waals surface area contributed by atoms with Crippen molar-refractivity contribution in [2.24, 2.45) is 5.41 Å². The minimum Gasteiger partial charge on any atom is -0.494 e. The number of anilines is 2. The number of nitrogens with one attached hydrogen (secondary N) is 1. The molecule has 30 heavy (non-hydrogen) atoms. The first-order chi connectivity index (χ1) is 14.2. The van der Waals surface area contributed by atoms with Gasteiger partial charge in [0.15, 0.2) is 6.61 Å². The van der Waals surface area contributed by atoms with Crippen LogP contribution in [0.2, 0.25) is 0 Å². The van der Waals surface area contributed by atoms with Crippen LogP contribution < -0.4 is 19.7 Å². The molecule has 1 N–H and O–H groups in total. The van der Waals surface area contributed by atoms with Crippen LogP contribution in [0.15, 0.2) is 42.5 Å². The summed E-state index contributed by atoms with van der Waals surface area (Å²) in [6, 6.07) is 13.4. The average Bonchev–Trinajstić information content (AvgIpc) is 2.68. The van der Waals surface area contributed by atoms with Crippen molar-refractivity contribution in [2.45, 2.75) is 40.5 Å². The predicted octanol–water partition coefficient (Wildman–Crippen LogP) is 4.56. The SMILES string of the molecule is Cc1cccc(OCCCCN2C(=O)COc3ccc(NC(=O)C(C)(C)C)cc32)c1. The lowest BCUT2D eigenvalue weighted by atomic mass is 9.95. The number of fused-ring (bicyclic) bond motifs is 1. The van der Waals surface area contributed by atoms with Crippen LogP contribution in [0.3, 0.4) is 0 Å². The number of ether oxygens (including phenoxy) is 2. The van der Waals surface area contributed by atoms with Gasteiger partial charge < -0.3 is 19.7 Å². The highest BCUT2D eigenvalue weighted by molar-refractivity contribution is 6.00. The number of aryl methyl sites for hydroxylation is 1. The van der Waals surface area contributed by atoms with Crippen LogP contribution in [0.25, 0.3) is 0 Å². The van der Waals surface area contributed by atoms with Gasteiger partial charge in [0.1, 0.15) is 11.5 Å². The summed E-state index contributed by atoms with van der Waals surface area (Å²) in [5.74, 6) is 1.35. The molecule has 6 nitrogen and oxygen atoms in total. The molecular weight excluding hydrogens is 380 g/mol. The van der Waals surface area contributed by atoms with E-state index in [2.05, 4.69) is 5.32 Å². The quantitative estimate of drug-likeness (QED) is 0.679. The molecule has 0 radical (unpaired) electrons. The van der Waals surface area contributed by atoms with E-state index >= 15 is 0 Å². The van der Waals surface area contributed by atoms with E-state index in [1.807, 2.05) is 52.0 Å². The molecule has 6 heteroatoms. The van der Waals surface area contributed by atoms with Crippen molar-refractivity contribution in [3.8, 4) is 11.5 Å². The molecule has 160 valence electrons. The van der Waals surface area contributed by atoms with E-state index in [0.717, 1.165) is 24.2 Å². The minimum atomic E-state index is -0.501. The number of hydrogen-bond acceptors (Lipinski definition) is 4. The first kappa shape index (κ1) is 21.7. The molecule has 2 amide bonds. The normalized spacial score (nSPS) is 13.5. The maximum atomic E-state index is 12.5. The molecule has 2 aromatic carbocycles. The molecule has 0 saturated heterocycles. The Morgan fingerprint density at radius 3 is 2.70 bits per heavy atom. The number of benzene rings is 2. The Bertz CT molecular complexity index is 918. The van der Waals surface area contributed by atoms with Crippen LogP contribution in [-0.2, 0) is 9.59 Å². The summed E-state index contributed by atoms with van der Waals surface area (Å²) in [5, 5.41) is 2.91. The number of nitrogens with zero attached hydrogens (tertiary/aromatic N) is 1. The fourth-order valence-corrected chi connectivity index (χ4v) is 3.11. The number of carbonyl (C=O) groups excluding carboxylic acids is 2. The first-order valence-electron chi connectivity index (χ1n) is 10.3. The van der Waals surface area contributed by atoms with Gasteiger partial charge in [0.05, 0.1) is 12.3 Å². The smallest absolute Gasteiger partial charge is 0.265 e. The number of unbranched alkanes of at least 4 members (excludes halogenated alkanes) is 1. The average molecular weight is 411 g/mol. The van der Waals surface area contributed by atoms with Crippen molar-refractivity contribution in [2.75, 3.05) is 30.0 Å². The molecule has 0 aromatic heterocycles. The van der Waals surface area contributed by atoms with E-state index in [1.54, 1.807) is 23.1 Å². The lowest BCUT2D eigenvalue weighted by Crippen LogP contribution is -2.39. The van der Waals surface area contributed by atoms with Crippen molar-refractivity contribution in [1.29, 1.82) is 0 Å². The Kier molecular flexibility index (Phi) is 6.65. The topological polar surface area (TPSA) is 67.9 Å². The third-order valence-corrected chi connectivity index (χ3v) is 4.88. The molecule has 0 aliphatic carbocycles. The van der Waals surface area contributed by atoms with E-state index in [-0.39, 0.29) is 18.4 Å². The maximum Gasteiger partial charge on any atom is 0.265 e. The van der Waals surface area contributed by atoms with Gasteiger partial charge in [-0.25, -0.2) is 0 Å². The van der Waals surface area contributed by atoms with Gasteiger partial charge in [-0.3, -0.25) is 9.59 Å². The standard InChI is InChI=1S/C24H30N2O4/c1-17-8-7-9-19(14-17)29-13-6-5-12-26-20-15-18(25-23(28)24(2,3)4)10-11-21(20)30-16-22(26)27/h7-11,14-15H,5-6,12-13,16H2,1-4H3,(H,25,28). The third-order valence-electron chi connectivity index (χ3n) is 4.88. The molecular formula is C24H30N2O4. The summed E-state index contributed by atoms with van der Waals surface area (Å²) in [6.45, 7) is 8.81. The highest BCUT2D eigenvalue weighted by Gasteiger charge is 2.27. The van der Waals surface area contributed by atoms with Crippen molar-refractivity contribution in [3.05, 3.63) is 48.0 Å². The maximum absolute atomic E-state index is 12.5. The fraction of sp³-hybridized carbons (Fsp3) is 0.417. The Balaban J connectivity index is 1.59. The lowest BCUT2D eigenvalue weighted by molar-refractivity contribution is -0.123. The Labute approximate surface area is 178 Å². The molecule has 0 spiro atoms. The fourth-order valence-electron chi connectivity index (χ4n) is 3.11. The summed E-state index contributed by atoms with van der Waals surface area (Å²) >= 11 is 0. The Hall–Kier alpha value is -3.02. The van der Waals surface area contributed by atoms with E-state index in [1.165, 1.54) is 0 Å². The van der Waals surface area contributed by atoms with E-state index < -0.39 is 5.41 Å². The van der Waals surface area contributed by atoms with Gasteiger partial charge in [-0.2, -0.15) is 0 Å². The molecule has 1 aliphatic heterocycles. The highest BCUT2D eigenvalue weighted by atomic mass is 16.5.